The highest BCUT2D eigenvalue weighted by Gasteiger charge is 2.31. The number of nitrogens with zero attached hydrogens (tertiary/aromatic N) is 3. The Hall–Kier alpha value is -3.27. The average molecular weight is 490 g/mol. The molecule has 0 saturated carbocycles. The maximum absolute atomic E-state index is 13.3. The van der Waals surface area contributed by atoms with E-state index in [1.165, 1.54) is 6.07 Å². The lowest BCUT2D eigenvalue weighted by Crippen LogP contribution is -2.30. The fraction of sp³-hybridized carbons (Fsp3) is 0.440. The van der Waals surface area contributed by atoms with Crippen molar-refractivity contribution in [1.82, 2.24) is 14.9 Å². The van der Waals surface area contributed by atoms with Crippen LogP contribution in [0.25, 0.3) is 10.9 Å². The number of hydrogen-bond acceptors (Lipinski definition) is 7. The van der Waals surface area contributed by atoms with E-state index in [0.717, 1.165) is 31.5 Å². The molecule has 2 atom stereocenters. The Balaban J connectivity index is 1.67. The molecule has 1 unspecified atom stereocenters. The minimum atomic E-state index is -4.49. The molecular weight excluding hydrogens is 459 g/mol. The average Bonchev–Trinajstić information content (AvgIpc) is 3.20. The molecule has 0 amide bonds. The van der Waals surface area contributed by atoms with Crippen molar-refractivity contribution >= 4 is 22.4 Å². The Morgan fingerprint density at radius 3 is 2.60 bits per heavy atom. The SMILES string of the molecule is COc1cc2nc(C)nc(NC(C)c3cc(N)cc(C(F)(F)F)c3)c2cc1OC[C@@H]1CCCN1C. The number of rotatable bonds is 7. The number of nitrogens with two attached hydrogens (primary N) is 1. The Morgan fingerprint density at radius 2 is 1.94 bits per heavy atom. The largest absolute Gasteiger partial charge is 0.493 e. The molecule has 1 aliphatic heterocycles. The molecule has 0 aliphatic carbocycles. The molecule has 0 radical (unpaired) electrons. The topological polar surface area (TPSA) is 85.5 Å². The number of ether oxygens (including phenoxy) is 2. The molecule has 3 aromatic rings. The van der Waals surface area contributed by atoms with E-state index < -0.39 is 17.8 Å². The van der Waals surface area contributed by atoms with Crippen LogP contribution in [0.15, 0.2) is 30.3 Å². The first-order valence-corrected chi connectivity index (χ1v) is 11.5. The van der Waals surface area contributed by atoms with E-state index in [0.29, 0.717) is 52.3 Å². The molecule has 0 bridgehead atoms. The third-order valence-electron chi connectivity index (χ3n) is 6.35. The van der Waals surface area contributed by atoms with Crippen molar-refractivity contribution in [3.63, 3.8) is 0 Å². The number of fused-ring (bicyclic) bond motifs is 1. The van der Waals surface area contributed by atoms with Crippen LogP contribution in [0.5, 0.6) is 11.5 Å². The van der Waals surface area contributed by atoms with Crippen LogP contribution in [0.1, 0.15) is 42.8 Å². The Morgan fingerprint density at radius 1 is 1.17 bits per heavy atom. The van der Waals surface area contributed by atoms with E-state index in [4.69, 9.17) is 15.2 Å². The summed E-state index contributed by atoms with van der Waals surface area (Å²) < 4.78 is 51.6. The lowest BCUT2D eigenvalue weighted by Gasteiger charge is -2.22. The second kappa shape index (κ2) is 9.77. The van der Waals surface area contributed by atoms with Crippen molar-refractivity contribution in [3.05, 3.63) is 47.3 Å². The first-order chi connectivity index (χ1) is 16.5. The van der Waals surface area contributed by atoms with Crippen molar-refractivity contribution < 1.29 is 22.6 Å². The van der Waals surface area contributed by atoms with Crippen LogP contribution in [0.4, 0.5) is 24.7 Å². The summed E-state index contributed by atoms with van der Waals surface area (Å²) in [6.07, 6.45) is -2.28. The first-order valence-electron chi connectivity index (χ1n) is 11.5. The number of alkyl halides is 3. The van der Waals surface area contributed by atoms with Gasteiger partial charge < -0.3 is 25.4 Å². The first kappa shape index (κ1) is 24.8. The summed E-state index contributed by atoms with van der Waals surface area (Å²) in [4.78, 5) is 11.3. The summed E-state index contributed by atoms with van der Waals surface area (Å²) >= 11 is 0. The van der Waals surface area contributed by atoms with Gasteiger partial charge in [-0.1, -0.05) is 0 Å². The standard InChI is InChI=1S/C25H30F3N5O2/c1-14(16-8-17(25(26,27)28)10-18(29)9-16)30-24-20-11-23(35-13-19-6-5-7-33(19)3)22(34-4)12-21(20)31-15(2)32-24/h8-12,14,19H,5-7,13,29H2,1-4H3,(H,30,31,32)/t14?,19-/m0/s1. The van der Waals surface area contributed by atoms with E-state index in [-0.39, 0.29) is 5.69 Å². The van der Waals surface area contributed by atoms with Crippen molar-refractivity contribution in [2.75, 3.05) is 38.4 Å². The second-order valence-corrected chi connectivity index (χ2v) is 8.98. The van der Waals surface area contributed by atoms with Crippen LogP contribution < -0.4 is 20.5 Å². The van der Waals surface area contributed by atoms with Crippen molar-refractivity contribution in [2.24, 2.45) is 0 Å². The summed E-state index contributed by atoms with van der Waals surface area (Å²) in [5.41, 5.74) is 6.05. The smallest absolute Gasteiger partial charge is 0.416 e. The summed E-state index contributed by atoms with van der Waals surface area (Å²) in [5.74, 6) is 2.12. The molecule has 35 heavy (non-hydrogen) atoms. The van der Waals surface area contributed by atoms with Gasteiger partial charge in [0.25, 0.3) is 0 Å². The highest BCUT2D eigenvalue weighted by atomic mass is 19.4. The highest BCUT2D eigenvalue weighted by molar-refractivity contribution is 5.92. The number of likely N-dealkylation sites (N-methyl/N-ethyl adjacent to an activating group) is 1. The Bertz CT molecular complexity index is 1220. The number of hydrogen-bond donors (Lipinski definition) is 2. The van der Waals surface area contributed by atoms with Gasteiger partial charge in [0.1, 0.15) is 18.2 Å². The van der Waals surface area contributed by atoms with Crippen molar-refractivity contribution in [3.8, 4) is 11.5 Å². The lowest BCUT2D eigenvalue weighted by atomic mass is 10.0. The number of halogens is 3. The van der Waals surface area contributed by atoms with Crippen LogP contribution in [0.3, 0.4) is 0 Å². The molecule has 1 aromatic heterocycles. The monoisotopic (exact) mass is 489 g/mol. The summed E-state index contributed by atoms with van der Waals surface area (Å²) in [7, 11) is 3.66. The zero-order chi connectivity index (χ0) is 25.3. The molecule has 4 rings (SSSR count). The van der Waals surface area contributed by atoms with Gasteiger partial charge >= 0.3 is 6.18 Å². The van der Waals surface area contributed by atoms with Gasteiger partial charge in [-0.15, -0.1) is 0 Å². The maximum atomic E-state index is 13.3. The summed E-state index contributed by atoms with van der Waals surface area (Å²) in [6.45, 7) is 5.08. The molecule has 188 valence electrons. The molecule has 2 aromatic carbocycles. The third-order valence-corrected chi connectivity index (χ3v) is 6.35. The van der Waals surface area contributed by atoms with E-state index in [9.17, 15) is 13.2 Å². The number of methoxy groups -OCH3 is 1. The minimum Gasteiger partial charge on any atom is -0.493 e. The van der Waals surface area contributed by atoms with Crippen LogP contribution in [-0.4, -0.2) is 48.2 Å². The maximum Gasteiger partial charge on any atom is 0.416 e. The second-order valence-electron chi connectivity index (χ2n) is 8.98. The van der Waals surface area contributed by atoms with E-state index >= 15 is 0 Å². The number of nitrogen functional groups attached to an aromatic ring is 1. The predicted molar refractivity (Wildman–Crippen MR) is 130 cm³/mol. The zero-order valence-corrected chi connectivity index (χ0v) is 20.2. The van der Waals surface area contributed by atoms with E-state index in [1.807, 2.05) is 6.07 Å². The zero-order valence-electron chi connectivity index (χ0n) is 20.2. The highest BCUT2D eigenvalue weighted by Crippen LogP contribution is 2.37. The predicted octanol–water partition coefficient (Wildman–Crippen LogP) is 5.19. The Kier molecular flexibility index (Phi) is 6.93. The van der Waals surface area contributed by atoms with Gasteiger partial charge in [0.2, 0.25) is 0 Å². The van der Waals surface area contributed by atoms with Gasteiger partial charge in [0.05, 0.1) is 24.2 Å². The fourth-order valence-electron chi connectivity index (χ4n) is 4.39. The summed E-state index contributed by atoms with van der Waals surface area (Å²) in [6, 6.07) is 6.98. The normalized spacial score (nSPS) is 17.5. The van der Waals surface area contributed by atoms with Crippen molar-refractivity contribution in [1.29, 1.82) is 0 Å². The molecule has 7 nitrogen and oxygen atoms in total. The number of aromatic nitrogens is 2. The van der Waals surface area contributed by atoms with Gasteiger partial charge in [0.15, 0.2) is 11.5 Å². The van der Waals surface area contributed by atoms with Gasteiger partial charge in [0, 0.05) is 23.2 Å². The number of likely N-dealkylation sites (tertiary alicyclic amines) is 1. The number of aryl methyl sites for hydroxylation is 1. The number of anilines is 2. The quantitative estimate of drug-likeness (QED) is 0.442. The van der Waals surface area contributed by atoms with Gasteiger partial charge in [-0.25, -0.2) is 9.97 Å². The van der Waals surface area contributed by atoms with Crippen LogP contribution >= 0.6 is 0 Å². The molecule has 0 spiro atoms. The van der Waals surface area contributed by atoms with E-state index in [1.54, 1.807) is 27.0 Å². The van der Waals surface area contributed by atoms with E-state index in [2.05, 4.69) is 27.2 Å². The van der Waals surface area contributed by atoms with Crippen molar-refractivity contribution in [2.45, 2.75) is 44.9 Å². The number of benzene rings is 2. The van der Waals surface area contributed by atoms with Gasteiger partial charge in [-0.05, 0) is 70.1 Å². The van der Waals surface area contributed by atoms with Crippen LogP contribution in [0.2, 0.25) is 0 Å². The Labute approximate surface area is 202 Å². The molecule has 2 heterocycles. The lowest BCUT2D eigenvalue weighted by molar-refractivity contribution is -0.137. The van der Waals surface area contributed by atoms with Gasteiger partial charge in [-0.2, -0.15) is 13.2 Å². The fourth-order valence-corrected chi connectivity index (χ4v) is 4.39. The molecule has 1 aliphatic rings. The van der Waals surface area contributed by atoms with Crippen LogP contribution in [0, 0.1) is 6.92 Å². The molecule has 10 heteroatoms. The minimum absolute atomic E-state index is 0.0458. The summed E-state index contributed by atoms with van der Waals surface area (Å²) in [5, 5.41) is 3.92. The molecular formula is C25H30F3N5O2. The van der Waals surface area contributed by atoms with Crippen LogP contribution in [-0.2, 0) is 6.18 Å². The van der Waals surface area contributed by atoms with Gasteiger partial charge in [-0.3, -0.25) is 0 Å². The molecule has 1 saturated heterocycles. The molecule has 3 N–H and O–H groups in total. The number of nitrogens with one attached hydrogen (secondary N) is 1. The third kappa shape index (κ3) is 5.53. The molecule has 1 fully saturated rings.